The summed E-state index contributed by atoms with van der Waals surface area (Å²) in [7, 11) is 1.65. The maximum Gasteiger partial charge on any atom is 0.231 e. The number of ether oxygens (including phenoxy) is 3. The molecule has 0 fully saturated rings. The van der Waals surface area contributed by atoms with Gasteiger partial charge in [-0.25, -0.2) is 0 Å². The Morgan fingerprint density at radius 2 is 1.88 bits per heavy atom. The van der Waals surface area contributed by atoms with E-state index in [1.165, 1.54) is 5.56 Å². The monoisotopic (exact) mass is 453 g/mol. The molecular formula is C29H27NO4. The number of aryl methyl sites for hydroxylation is 2. The molecule has 0 amide bonds. The van der Waals surface area contributed by atoms with Crippen LogP contribution in [0.15, 0.2) is 66.6 Å². The van der Waals surface area contributed by atoms with E-state index < -0.39 is 0 Å². The van der Waals surface area contributed by atoms with Crippen LogP contribution in [0, 0.1) is 13.8 Å². The number of carbonyl (C=O) groups excluding carboxylic acids is 1. The lowest BCUT2D eigenvalue weighted by Crippen LogP contribution is -2.00. The molecule has 0 bridgehead atoms. The molecule has 1 aromatic heterocycles. The lowest BCUT2D eigenvalue weighted by atomic mass is 10.1. The quantitative estimate of drug-likeness (QED) is 0.314. The fraction of sp³-hybridized carbons (Fsp3) is 0.207. The van der Waals surface area contributed by atoms with Crippen LogP contribution in [0.2, 0.25) is 0 Å². The molecule has 0 spiro atoms. The first-order valence-electron chi connectivity index (χ1n) is 11.4. The van der Waals surface area contributed by atoms with Crippen molar-refractivity contribution >= 4 is 22.8 Å². The van der Waals surface area contributed by atoms with E-state index in [-0.39, 0.29) is 5.78 Å². The molecule has 1 aliphatic rings. The summed E-state index contributed by atoms with van der Waals surface area (Å²) in [6.07, 6.45) is 3.86. The topological polar surface area (TPSA) is 49.7 Å². The molecule has 0 atom stereocenters. The largest absolute Gasteiger partial charge is 0.497 e. The van der Waals surface area contributed by atoms with Crippen LogP contribution in [-0.2, 0) is 13.2 Å². The minimum Gasteiger partial charge on any atom is -0.497 e. The van der Waals surface area contributed by atoms with Crippen LogP contribution in [0.1, 0.15) is 39.5 Å². The van der Waals surface area contributed by atoms with Gasteiger partial charge in [0.05, 0.1) is 12.7 Å². The Balaban J connectivity index is 1.46. The molecule has 0 saturated carbocycles. The van der Waals surface area contributed by atoms with Crippen LogP contribution in [-0.4, -0.2) is 17.5 Å². The van der Waals surface area contributed by atoms with Crippen molar-refractivity contribution in [2.75, 3.05) is 7.11 Å². The Morgan fingerprint density at radius 3 is 2.65 bits per heavy atom. The molecule has 5 heteroatoms. The second-order valence-corrected chi connectivity index (χ2v) is 8.47. The van der Waals surface area contributed by atoms with Gasteiger partial charge in [0.2, 0.25) is 5.78 Å². The molecule has 2 heterocycles. The maximum atomic E-state index is 13.2. The highest BCUT2D eigenvalue weighted by molar-refractivity contribution is 6.15. The first kappa shape index (κ1) is 21.8. The van der Waals surface area contributed by atoms with Crippen LogP contribution in [0.3, 0.4) is 0 Å². The molecule has 34 heavy (non-hydrogen) atoms. The van der Waals surface area contributed by atoms with Gasteiger partial charge < -0.3 is 18.8 Å². The number of fused-ring (bicyclic) bond motifs is 2. The molecule has 172 valence electrons. The smallest absolute Gasteiger partial charge is 0.231 e. The summed E-state index contributed by atoms with van der Waals surface area (Å²) in [5, 5.41) is 1.01. The summed E-state index contributed by atoms with van der Waals surface area (Å²) in [5.41, 5.74) is 5.69. The number of nitrogens with zero attached hydrogens (tertiary/aromatic N) is 1. The Hall–Kier alpha value is -3.99. The number of benzene rings is 3. The third kappa shape index (κ3) is 3.73. The number of hydrogen-bond donors (Lipinski definition) is 0. The van der Waals surface area contributed by atoms with Gasteiger partial charge in [0.15, 0.2) is 5.76 Å². The van der Waals surface area contributed by atoms with Crippen LogP contribution in [0.5, 0.6) is 17.2 Å². The van der Waals surface area contributed by atoms with E-state index >= 15 is 0 Å². The van der Waals surface area contributed by atoms with Gasteiger partial charge in [-0.2, -0.15) is 0 Å². The Morgan fingerprint density at radius 1 is 1.06 bits per heavy atom. The summed E-state index contributed by atoms with van der Waals surface area (Å²) >= 11 is 0. The molecule has 0 saturated heterocycles. The van der Waals surface area contributed by atoms with Crippen LogP contribution < -0.4 is 14.2 Å². The summed E-state index contributed by atoms with van der Waals surface area (Å²) in [6, 6.07) is 17.8. The minimum atomic E-state index is -0.121. The van der Waals surface area contributed by atoms with E-state index in [0.717, 1.165) is 39.9 Å². The average molecular weight is 454 g/mol. The molecule has 0 N–H and O–H groups in total. The van der Waals surface area contributed by atoms with Crippen molar-refractivity contribution in [1.82, 2.24) is 4.57 Å². The van der Waals surface area contributed by atoms with Crippen molar-refractivity contribution in [3.63, 3.8) is 0 Å². The highest BCUT2D eigenvalue weighted by Gasteiger charge is 2.30. The van der Waals surface area contributed by atoms with Gasteiger partial charge in [0, 0.05) is 34.8 Å². The fourth-order valence-corrected chi connectivity index (χ4v) is 4.40. The van der Waals surface area contributed by atoms with E-state index in [4.69, 9.17) is 14.2 Å². The Labute approximate surface area is 199 Å². The molecule has 0 aliphatic carbocycles. The predicted octanol–water partition coefficient (Wildman–Crippen LogP) is 6.48. The van der Waals surface area contributed by atoms with Gasteiger partial charge in [-0.05, 0) is 68.3 Å². The van der Waals surface area contributed by atoms with Crippen molar-refractivity contribution in [3.8, 4) is 17.2 Å². The number of aromatic nitrogens is 1. The normalized spacial score (nSPS) is 13.9. The summed E-state index contributed by atoms with van der Waals surface area (Å²) in [5.74, 6) is 2.24. The summed E-state index contributed by atoms with van der Waals surface area (Å²) < 4.78 is 19.8. The van der Waals surface area contributed by atoms with E-state index in [9.17, 15) is 4.79 Å². The van der Waals surface area contributed by atoms with E-state index in [1.807, 2.05) is 55.6 Å². The second-order valence-electron chi connectivity index (χ2n) is 8.47. The SMILES string of the molecule is CCn1cc(/C=C2\Oc3c(ccc(OCc4ccccc4C)c3C)C2=O)c2cc(OC)ccc21. The van der Waals surface area contributed by atoms with Crippen molar-refractivity contribution in [2.24, 2.45) is 0 Å². The van der Waals surface area contributed by atoms with Gasteiger partial charge in [0.1, 0.15) is 23.9 Å². The number of rotatable bonds is 6. The zero-order chi connectivity index (χ0) is 23.8. The van der Waals surface area contributed by atoms with Crippen molar-refractivity contribution in [1.29, 1.82) is 0 Å². The third-order valence-electron chi connectivity index (χ3n) is 6.43. The van der Waals surface area contributed by atoms with E-state index in [0.29, 0.717) is 29.4 Å². The summed E-state index contributed by atoms with van der Waals surface area (Å²) in [4.78, 5) is 13.2. The first-order valence-corrected chi connectivity index (χ1v) is 11.4. The summed E-state index contributed by atoms with van der Waals surface area (Å²) in [6.45, 7) is 7.37. The average Bonchev–Trinajstić information content (AvgIpc) is 3.37. The zero-order valence-electron chi connectivity index (χ0n) is 19.8. The number of hydrogen-bond acceptors (Lipinski definition) is 4. The molecule has 0 radical (unpaired) electrons. The molecule has 0 unspecified atom stereocenters. The van der Waals surface area contributed by atoms with Gasteiger partial charge >= 0.3 is 0 Å². The van der Waals surface area contributed by atoms with Crippen LogP contribution >= 0.6 is 0 Å². The van der Waals surface area contributed by atoms with Crippen molar-refractivity contribution < 1.29 is 19.0 Å². The van der Waals surface area contributed by atoms with E-state index in [2.05, 4.69) is 30.5 Å². The number of carbonyl (C=O) groups is 1. The zero-order valence-corrected chi connectivity index (χ0v) is 19.8. The van der Waals surface area contributed by atoms with Gasteiger partial charge in [-0.3, -0.25) is 4.79 Å². The fourth-order valence-electron chi connectivity index (χ4n) is 4.40. The van der Waals surface area contributed by atoms with Gasteiger partial charge in [-0.1, -0.05) is 24.3 Å². The number of allylic oxidation sites excluding steroid dienone is 1. The van der Waals surface area contributed by atoms with Crippen LogP contribution in [0.4, 0.5) is 0 Å². The molecule has 5 rings (SSSR count). The first-order chi connectivity index (χ1) is 16.5. The van der Waals surface area contributed by atoms with E-state index in [1.54, 1.807) is 13.2 Å². The lowest BCUT2D eigenvalue weighted by molar-refractivity contribution is 0.101. The van der Waals surface area contributed by atoms with Gasteiger partial charge in [0.25, 0.3) is 0 Å². The predicted molar refractivity (Wildman–Crippen MR) is 134 cm³/mol. The number of Topliss-reactive ketones (excluding diaryl/α,β-unsaturated/α-hetero) is 1. The standard InChI is InChI=1S/C29H27NO4/c1-5-30-16-21(24-15-22(32-4)10-12-25(24)30)14-27-28(31)23-11-13-26(19(3)29(23)34-27)33-17-20-9-7-6-8-18(20)2/h6-16H,5,17H2,1-4H3/b27-14-. The van der Waals surface area contributed by atoms with Crippen LogP contribution in [0.25, 0.3) is 17.0 Å². The molecule has 3 aromatic carbocycles. The van der Waals surface area contributed by atoms with Crippen molar-refractivity contribution in [3.05, 3.63) is 94.4 Å². The maximum absolute atomic E-state index is 13.2. The Bertz CT molecular complexity index is 1440. The Kier molecular flexibility index (Phi) is 5.62. The highest BCUT2D eigenvalue weighted by Crippen LogP contribution is 2.40. The number of ketones is 1. The molecular weight excluding hydrogens is 426 g/mol. The molecule has 1 aliphatic heterocycles. The second kappa shape index (κ2) is 8.75. The minimum absolute atomic E-state index is 0.121. The lowest BCUT2D eigenvalue weighted by Gasteiger charge is -2.12. The molecule has 4 aromatic rings. The van der Waals surface area contributed by atoms with Crippen molar-refractivity contribution in [2.45, 2.75) is 33.9 Å². The van der Waals surface area contributed by atoms with Gasteiger partial charge in [-0.15, -0.1) is 0 Å². The highest BCUT2D eigenvalue weighted by atomic mass is 16.5. The number of methoxy groups -OCH3 is 1. The third-order valence-corrected chi connectivity index (χ3v) is 6.43. The molecule has 5 nitrogen and oxygen atoms in total.